The molecule has 3 saturated heterocycles. The van der Waals surface area contributed by atoms with Gasteiger partial charge in [0.25, 0.3) is 0 Å². The number of sulfonamides is 1. The quantitative estimate of drug-likeness (QED) is 0.430. The number of rotatable bonds is 5. The average Bonchev–Trinajstić information content (AvgIpc) is 3.36. The number of fused-ring (bicyclic) bond motifs is 1. The molecule has 7 nitrogen and oxygen atoms in total. The van der Waals surface area contributed by atoms with Crippen molar-refractivity contribution < 1.29 is 22.0 Å². The van der Waals surface area contributed by atoms with Gasteiger partial charge < -0.3 is 4.90 Å². The Morgan fingerprint density at radius 1 is 1.12 bits per heavy atom. The minimum absolute atomic E-state index is 0.0586. The van der Waals surface area contributed by atoms with Crippen LogP contribution in [0.3, 0.4) is 0 Å². The number of benzene rings is 2. The van der Waals surface area contributed by atoms with Crippen LogP contribution in [0.1, 0.15) is 57.1 Å². The van der Waals surface area contributed by atoms with E-state index in [4.69, 9.17) is 23.2 Å². The predicted octanol–water partition coefficient (Wildman–Crippen LogP) is 5.53. The fraction of sp³-hybridized carbons (Fsp3) is 0.533. The molecule has 12 heteroatoms. The fourth-order valence-corrected chi connectivity index (χ4v) is 8.40. The van der Waals surface area contributed by atoms with Gasteiger partial charge in [0.05, 0.1) is 24.0 Å². The Bertz CT molecular complexity index is 1550. The zero-order valence-electron chi connectivity index (χ0n) is 23.9. The molecule has 4 atom stereocenters. The predicted molar refractivity (Wildman–Crippen MR) is 157 cm³/mol. The van der Waals surface area contributed by atoms with Gasteiger partial charge in [-0.15, -0.1) is 0 Å². The Kier molecular flexibility index (Phi) is 8.16. The van der Waals surface area contributed by atoms with E-state index in [0.717, 1.165) is 6.07 Å². The second-order valence-electron chi connectivity index (χ2n) is 12.8. The normalized spacial score (nSPS) is 27.8. The summed E-state index contributed by atoms with van der Waals surface area (Å²) in [5, 5.41) is 11.1. The number of carbonyl (C=O) groups is 1. The lowest BCUT2D eigenvalue weighted by Crippen LogP contribution is -2.51. The molecule has 1 unspecified atom stereocenters. The summed E-state index contributed by atoms with van der Waals surface area (Å²) in [5.74, 6) is -2.82. The van der Waals surface area contributed by atoms with Gasteiger partial charge in [0.2, 0.25) is 15.9 Å². The number of carbonyl (C=O) groups excluding carboxylic acids is 1. The van der Waals surface area contributed by atoms with Crippen molar-refractivity contribution in [2.75, 3.05) is 26.0 Å². The number of piperidine rings is 1. The van der Waals surface area contributed by atoms with Gasteiger partial charge in [-0.2, -0.15) is 5.26 Å². The minimum atomic E-state index is -3.36. The summed E-state index contributed by atoms with van der Waals surface area (Å²) >= 11 is 12.3. The van der Waals surface area contributed by atoms with Crippen molar-refractivity contribution in [2.24, 2.45) is 5.41 Å². The highest BCUT2D eigenvalue weighted by molar-refractivity contribution is 7.88. The lowest BCUT2D eigenvalue weighted by molar-refractivity contribution is -0.132. The maximum atomic E-state index is 15.9. The highest BCUT2D eigenvalue weighted by atomic mass is 35.5. The Balaban J connectivity index is 1.68. The number of hydrogen-bond acceptors (Lipinski definition) is 5. The van der Waals surface area contributed by atoms with Crippen LogP contribution in [-0.4, -0.2) is 72.6 Å². The fourth-order valence-electron chi connectivity index (χ4n) is 7.18. The van der Waals surface area contributed by atoms with Gasteiger partial charge >= 0.3 is 0 Å². The molecule has 0 aromatic heterocycles. The second kappa shape index (κ2) is 11.0. The van der Waals surface area contributed by atoms with Crippen LogP contribution in [0.5, 0.6) is 0 Å². The first kappa shape index (κ1) is 31.1. The Morgan fingerprint density at radius 3 is 2.36 bits per heavy atom. The molecule has 2 aromatic carbocycles. The highest BCUT2D eigenvalue weighted by Gasteiger charge is 2.68. The van der Waals surface area contributed by atoms with Crippen molar-refractivity contribution in [2.45, 2.75) is 69.5 Å². The van der Waals surface area contributed by atoms with Gasteiger partial charge in [-0.05, 0) is 48.4 Å². The van der Waals surface area contributed by atoms with E-state index < -0.39 is 45.1 Å². The van der Waals surface area contributed by atoms with Crippen LogP contribution in [-0.2, 0) is 20.2 Å². The van der Waals surface area contributed by atoms with Gasteiger partial charge in [0, 0.05) is 41.7 Å². The minimum Gasteiger partial charge on any atom is -0.325 e. The molecule has 3 aliphatic heterocycles. The molecule has 5 rings (SSSR count). The lowest BCUT2D eigenvalue weighted by atomic mass is 9.62. The average molecular weight is 640 g/mol. The number of nitrogens with zero attached hydrogens (tertiary/aromatic N) is 4. The van der Waals surface area contributed by atoms with Crippen molar-refractivity contribution in [1.82, 2.24) is 14.1 Å². The molecule has 0 aliphatic carbocycles. The maximum absolute atomic E-state index is 15.9. The van der Waals surface area contributed by atoms with Gasteiger partial charge in [-0.25, -0.2) is 21.5 Å². The van der Waals surface area contributed by atoms with Gasteiger partial charge in [0.15, 0.2) is 0 Å². The zero-order chi connectivity index (χ0) is 30.8. The zero-order valence-corrected chi connectivity index (χ0v) is 26.3. The van der Waals surface area contributed by atoms with Crippen LogP contribution in [0.15, 0.2) is 36.4 Å². The number of amides is 1. The SMILES string of the molecule is CC(C)(C)CC1N2CN(C3CCN(S(C)(=O)=O)CC3)C(=O)[C@H]2[C@H](c2cccc(Cl)c2F)[C@@]1(C#N)c1ccc(Cl)cc1F. The molecule has 0 N–H and O–H groups in total. The maximum Gasteiger partial charge on any atom is 0.241 e. The van der Waals surface area contributed by atoms with Crippen LogP contribution in [0.2, 0.25) is 10.0 Å². The third kappa shape index (κ3) is 5.22. The first-order valence-electron chi connectivity index (χ1n) is 13.9. The first-order valence-corrected chi connectivity index (χ1v) is 16.5. The molecular weight excluding hydrogens is 605 g/mol. The van der Waals surface area contributed by atoms with Crippen LogP contribution in [0.25, 0.3) is 0 Å². The molecule has 0 radical (unpaired) electrons. The molecular formula is C30H34Cl2F2N4O3S. The molecule has 3 heterocycles. The van der Waals surface area contributed by atoms with Gasteiger partial charge in [0.1, 0.15) is 23.1 Å². The summed E-state index contributed by atoms with van der Waals surface area (Å²) in [5.41, 5.74) is -1.87. The van der Waals surface area contributed by atoms with Crippen molar-refractivity contribution >= 4 is 39.1 Å². The monoisotopic (exact) mass is 638 g/mol. The number of halogens is 4. The molecule has 2 aromatic rings. The molecule has 3 aliphatic rings. The molecule has 3 fully saturated rings. The van der Waals surface area contributed by atoms with Crippen molar-refractivity contribution in [3.05, 3.63) is 69.2 Å². The van der Waals surface area contributed by atoms with Gasteiger partial charge in [-0.3, -0.25) is 9.69 Å². The van der Waals surface area contributed by atoms with Crippen molar-refractivity contribution in [3.63, 3.8) is 0 Å². The standard InChI is InChI=1S/C30H34Cl2F2N4O3S/c1-29(2,3)15-24-30(16-35,21-9-8-18(31)14-23(21)33)25(20-6-5-7-22(32)26(20)34)27-28(39)37(17-38(24)27)19-10-12-36(13-11-19)42(4,40)41/h5-9,14,19,24-25,27H,10-13,15,17H2,1-4H3/t24?,25-,27+,30-/m0/s1. The highest BCUT2D eigenvalue weighted by Crippen LogP contribution is 2.58. The Hall–Kier alpha value is -2.29. The molecule has 0 saturated carbocycles. The molecule has 0 spiro atoms. The Morgan fingerprint density at radius 2 is 1.79 bits per heavy atom. The van der Waals surface area contributed by atoms with Crippen LogP contribution >= 0.6 is 23.2 Å². The first-order chi connectivity index (χ1) is 19.6. The summed E-state index contributed by atoms with van der Waals surface area (Å²) < 4.78 is 57.3. The topological polar surface area (TPSA) is 84.7 Å². The van der Waals surface area contributed by atoms with E-state index in [1.165, 1.54) is 34.8 Å². The Labute approximate surface area is 256 Å². The number of nitriles is 1. The molecule has 42 heavy (non-hydrogen) atoms. The third-order valence-corrected chi connectivity index (χ3v) is 10.8. The summed E-state index contributed by atoms with van der Waals surface area (Å²) in [7, 11) is -3.36. The van der Waals surface area contributed by atoms with Gasteiger partial charge in [-0.1, -0.05) is 62.2 Å². The van der Waals surface area contributed by atoms with Crippen LogP contribution in [0, 0.1) is 28.4 Å². The summed E-state index contributed by atoms with van der Waals surface area (Å²) in [6, 6.07) is 9.15. The van der Waals surface area contributed by atoms with E-state index in [0.29, 0.717) is 19.3 Å². The molecule has 1 amide bonds. The third-order valence-electron chi connectivity index (χ3n) is 8.96. The molecule has 226 valence electrons. The van der Waals surface area contributed by atoms with E-state index in [1.807, 2.05) is 25.7 Å². The van der Waals surface area contributed by atoms with Crippen LogP contribution < -0.4 is 0 Å². The van der Waals surface area contributed by atoms with E-state index in [-0.39, 0.29) is 58.3 Å². The number of hydrogen-bond donors (Lipinski definition) is 0. The van der Waals surface area contributed by atoms with Crippen LogP contribution in [0.4, 0.5) is 8.78 Å². The lowest BCUT2D eigenvalue weighted by Gasteiger charge is -2.41. The summed E-state index contributed by atoms with van der Waals surface area (Å²) in [6.45, 7) is 6.75. The van der Waals surface area contributed by atoms with E-state index in [9.17, 15) is 18.5 Å². The summed E-state index contributed by atoms with van der Waals surface area (Å²) in [6.07, 6.45) is 2.48. The molecule has 0 bridgehead atoms. The second-order valence-corrected chi connectivity index (χ2v) is 15.6. The smallest absolute Gasteiger partial charge is 0.241 e. The summed E-state index contributed by atoms with van der Waals surface area (Å²) in [4.78, 5) is 18.1. The van der Waals surface area contributed by atoms with E-state index in [2.05, 4.69) is 6.07 Å². The van der Waals surface area contributed by atoms with E-state index in [1.54, 1.807) is 11.0 Å². The largest absolute Gasteiger partial charge is 0.325 e. The van der Waals surface area contributed by atoms with Crippen molar-refractivity contribution in [3.8, 4) is 6.07 Å². The van der Waals surface area contributed by atoms with E-state index >= 15 is 8.78 Å². The van der Waals surface area contributed by atoms with Crippen molar-refractivity contribution in [1.29, 1.82) is 5.26 Å².